The van der Waals surface area contributed by atoms with Crippen LogP contribution >= 0.6 is 11.3 Å². The molecule has 0 saturated heterocycles. The van der Waals surface area contributed by atoms with E-state index in [0.717, 1.165) is 17.9 Å². The van der Waals surface area contributed by atoms with Crippen LogP contribution < -0.4 is 5.32 Å². The number of thiazole rings is 1. The molecule has 0 unspecified atom stereocenters. The fourth-order valence-electron chi connectivity index (χ4n) is 1.86. The largest absolute Gasteiger partial charge is 0.308 e. The van der Waals surface area contributed by atoms with Crippen LogP contribution in [0.5, 0.6) is 0 Å². The van der Waals surface area contributed by atoms with E-state index < -0.39 is 0 Å². The third-order valence-corrected chi connectivity index (χ3v) is 4.32. The van der Waals surface area contributed by atoms with E-state index in [1.807, 2.05) is 10.9 Å². The molecule has 2 aromatic heterocycles. The Morgan fingerprint density at radius 2 is 2.26 bits per heavy atom. The van der Waals surface area contributed by atoms with Crippen LogP contribution in [0.2, 0.25) is 0 Å². The predicted molar refractivity (Wildman–Crippen MR) is 75.2 cm³/mol. The van der Waals surface area contributed by atoms with Crippen LogP contribution in [0.3, 0.4) is 0 Å². The van der Waals surface area contributed by atoms with Crippen molar-refractivity contribution in [3.8, 4) is 0 Å². The Balaban J connectivity index is 1.58. The summed E-state index contributed by atoms with van der Waals surface area (Å²) < 4.78 is 1.86. The van der Waals surface area contributed by atoms with Crippen molar-refractivity contribution in [1.82, 2.24) is 25.3 Å². The topological polar surface area (TPSA) is 55.6 Å². The van der Waals surface area contributed by atoms with Gasteiger partial charge in [0, 0.05) is 23.9 Å². The molecule has 1 aliphatic carbocycles. The van der Waals surface area contributed by atoms with E-state index in [9.17, 15) is 0 Å². The molecule has 102 valence electrons. The van der Waals surface area contributed by atoms with Gasteiger partial charge in [-0.25, -0.2) is 9.67 Å². The zero-order chi connectivity index (χ0) is 13.2. The molecule has 5 nitrogen and oxygen atoms in total. The van der Waals surface area contributed by atoms with Gasteiger partial charge in [0.15, 0.2) is 0 Å². The average Bonchev–Trinajstić information content (AvgIpc) is 2.91. The number of rotatable bonds is 6. The zero-order valence-electron chi connectivity index (χ0n) is 11.3. The number of hydrogen-bond donors (Lipinski definition) is 1. The van der Waals surface area contributed by atoms with Gasteiger partial charge in [0.2, 0.25) is 0 Å². The lowest BCUT2D eigenvalue weighted by Gasteiger charge is -1.98. The summed E-state index contributed by atoms with van der Waals surface area (Å²) in [4.78, 5) is 4.61. The van der Waals surface area contributed by atoms with Crippen molar-refractivity contribution in [1.29, 1.82) is 0 Å². The van der Waals surface area contributed by atoms with E-state index >= 15 is 0 Å². The molecular formula is C13H19N5S. The first-order valence-electron chi connectivity index (χ1n) is 6.77. The maximum atomic E-state index is 4.61. The van der Waals surface area contributed by atoms with E-state index in [1.54, 1.807) is 11.3 Å². The Morgan fingerprint density at radius 3 is 2.95 bits per heavy atom. The molecular weight excluding hydrogens is 258 g/mol. The maximum absolute atomic E-state index is 4.61. The van der Waals surface area contributed by atoms with E-state index in [0.29, 0.717) is 18.5 Å². The van der Waals surface area contributed by atoms with Crippen LogP contribution in [0.15, 0.2) is 11.6 Å². The number of aromatic nitrogens is 4. The van der Waals surface area contributed by atoms with E-state index in [-0.39, 0.29) is 0 Å². The second kappa shape index (κ2) is 5.38. The quantitative estimate of drug-likeness (QED) is 0.879. The van der Waals surface area contributed by atoms with Gasteiger partial charge in [0.25, 0.3) is 0 Å². The summed E-state index contributed by atoms with van der Waals surface area (Å²) in [6.07, 6.45) is 4.60. The summed E-state index contributed by atoms with van der Waals surface area (Å²) in [5.74, 6) is 0.493. The summed E-state index contributed by atoms with van der Waals surface area (Å²) in [5, 5.41) is 15.1. The smallest absolute Gasteiger partial charge is 0.0965 e. The normalized spacial score (nSPS) is 15.3. The molecule has 2 aromatic rings. The molecule has 0 aliphatic heterocycles. The van der Waals surface area contributed by atoms with Crippen LogP contribution in [0.4, 0.5) is 0 Å². The van der Waals surface area contributed by atoms with Crippen molar-refractivity contribution in [2.75, 3.05) is 0 Å². The van der Waals surface area contributed by atoms with Crippen LogP contribution in [-0.4, -0.2) is 26.0 Å². The fourth-order valence-corrected chi connectivity index (χ4v) is 2.69. The molecule has 3 rings (SSSR count). The first-order chi connectivity index (χ1) is 9.20. The van der Waals surface area contributed by atoms with E-state index in [4.69, 9.17) is 0 Å². The van der Waals surface area contributed by atoms with Crippen molar-refractivity contribution in [3.05, 3.63) is 28.0 Å². The molecule has 6 heteroatoms. The van der Waals surface area contributed by atoms with Crippen molar-refractivity contribution >= 4 is 11.3 Å². The second-order valence-electron chi connectivity index (χ2n) is 5.39. The molecule has 0 spiro atoms. The minimum Gasteiger partial charge on any atom is -0.308 e. The highest BCUT2D eigenvalue weighted by molar-refractivity contribution is 7.09. The van der Waals surface area contributed by atoms with Gasteiger partial charge in [0.1, 0.15) is 0 Å². The molecule has 1 N–H and O–H groups in total. The van der Waals surface area contributed by atoms with Crippen molar-refractivity contribution in [2.45, 2.75) is 51.7 Å². The highest BCUT2D eigenvalue weighted by Crippen LogP contribution is 2.20. The van der Waals surface area contributed by atoms with Gasteiger partial charge < -0.3 is 5.32 Å². The highest BCUT2D eigenvalue weighted by Gasteiger charge is 2.20. The Kier molecular flexibility index (Phi) is 3.61. The first-order valence-corrected chi connectivity index (χ1v) is 7.65. The Morgan fingerprint density at radius 1 is 1.42 bits per heavy atom. The van der Waals surface area contributed by atoms with Crippen LogP contribution in [-0.2, 0) is 13.1 Å². The lowest BCUT2D eigenvalue weighted by Crippen LogP contribution is -2.15. The molecule has 0 radical (unpaired) electrons. The van der Waals surface area contributed by atoms with Gasteiger partial charge in [-0.2, -0.15) is 0 Å². The minimum atomic E-state index is 0.493. The molecule has 1 aliphatic rings. The molecule has 0 amide bonds. The van der Waals surface area contributed by atoms with E-state index in [1.165, 1.54) is 17.8 Å². The average molecular weight is 277 g/mol. The summed E-state index contributed by atoms with van der Waals surface area (Å²) in [6, 6.07) is 0.706. The molecule has 0 bridgehead atoms. The van der Waals surface area contributed by atoms with Crippen molar-refractivity contribution < 1.29 is 0 Å². The fraction of sp³-hybridized carbons (Fsp3) is 0.615. The van der Waals surface area contributed by atoms with Gasteiger partial charge in [-0.3, -0.25) is 0 Å². The number of hydrogen-bond acceptors (Lipinski definition) is 5. The highest BCUT2D eigenvalue weighted by atomic mass is 32.1. The summed E-state index contributed by atoms with van der Waals surface area (Å²) >= 11 is 1.72. The Labute approximate surface area is 117 Å². The summed E-state index contributed by atoms with van der Waals surface area (Å²) in [6.45, 7) is 5.86. The third kappa shape index (κ3) is 3.39. The molecule has 1 saturated carbocycles. The monoisotopic (exact) mass is 277 g/mol. The van der Waals surface area contributed by atoms with Crippen LogP contribution in [0, 0.1) is 0 Å². The predicted octanol–water partition coefficient (Wildman–Crippen LogP) is 2.16. The van der Waals surface area contributed by atoms with Gasteiger partial charge in [-0.1, -0.05) is 19.1 Å². The van der Waals surface area contributed by atoms with Crippen molar-refractivity contribution in [3.63, 3.8) is 0 Å². The lowest BCUT2D eigenvalue weighted by molar-refractivity contribution is 0.636. The van der Waals surface area contributed by atoms with E-state index in [2.05, 4.69) is 39.8 Å². The molecule has 2 heterocycles. The molecule has 1 fully saturated rings. The minimum absolute atomic E-state index is 0.493. The van der Waals surface area contributed by atoms with Crippen LogP contribution in [0.25, 0.3) is 0 Å². The molecule has 0 atom stereocenters. The molecule has 0 aromatic carbocycles. The van der Waals surface area contributed by atoms with Gasteiger partial charge in [-0.05, 0) is 12.8 Å². The Bertz CT molecular complexity index is 541. The molecule has 19 heavy (non-hydrogen) atoms. The van der Waals surface area contributed by atoms with Gasteiger partial charge in [0.05, 0.1) is 29.1 Å². The number of nitrogens with one attached hydrogen (secondary N) is 1. The zero-order valence-corrected chi connectivity index (χ0v) is 12.2. The summed E-state index contributed by atoms with van der Waals surface area (Å²) in [7, 11) is 0. The first kappa shape index (κ1) is 12.7. The third-order valence-electron chi connectivity index (χ3n) is 3.12. The van der Waals surface area contributed by atoms with Gasteiger partial charge >= 0.3 is 0 Å². The van der Waals surface area contributed by atoms with Crippen molar-refractivity contribution in [2.24, 2.45) is 0 Å². The maximum Gasteiger partial charge on any atom is 0.0965 e. The lowest BCUT2D eigenvalue weighted by atomic mass is 10.2. The second-order valence-corrected chi connectivity index (χ2v) is 6.28. The van der Waals surface area contributed by atoms with Gasteiger partial charge in [-0.15, -0.1) is 16.4 Å². The SMILES string of the molecule is CC(C)c1nc(Cn2cc(CNC3CC3)nn2)cs1. The Hall–Kier alpha value is -1.27. The summed E-state index contributed by atoms with van der Waals surface area (Å²) in [5.41, 5.74) is 2.08. The standard InChI is InChI=1S/C13H19N5S/c1-9(2)13-15-12(8-19-13)7-18-6-11(16-17-18)5-14-10-3-4-10/h6,8-10,14H,3-5,7H2,1-2H3. The van der Waals surface area contributed by atoms with Crippen LogP contribution in [0.1, 0.15) is 49.0 Å². The number of nitrogens with zero attached hydrogens (tertiary/aromatic N) is 4.